The zero-order valence-electron chi connectivity index (χ0n) is 11.2. The van der Waals surface area contributed by atoms with Crippen molar-refractivity contribution in [3.63, 3.8) is 0 Å². The number of rotatable bonds is 4. The molecule has 1 aromatic carbocycles. The van der Waals surface area contributed by atoms with E-state index in [9.17, 15) is 4.79 Å². The molecule has 1 aliphatic heterocycles. The highest BCUT2D eigenvalue weighted by atomic mass is 35.5. The van der Waals surface area contributed by atoms with Crippen molar-refractivity contribution in [3.05, 3.63) is 22.7 Å². The maximum Gasteiger partial charge on any atom is 0.250 e. The predicted octanol–water partition coefficient (Wildman–Crippen LogP) is 2.65. The molecule has 0 aromatic heterocycles. The van der Waals surface area contributed by atoms with Crippen LogP contribution in [0, 0.1) is 5.92 Å². The first-order valence-corrected chi connectivity index (χ1v) is 7.04. The molecule has 2 rings (SSSR count). The maximum atomic E-state index is 11.6. The fraction of sp³-hybridized carbons (Fsp3) is 0.500. The molecule has 5 heteroatoms. The number of nitrogens with zero attached hydrogens (tertiary/aromatic N) is 1. The zero-order chi connectivity index (χ0) is 14.0. The second-order valence-electron chi connectivity index (χ2n) is 5.15. The summed E-state index contributed by atoms with van der Waals surface area (Å²) in [5, 5.41) is 0.506. The van der Waals surface area contributed by atoms with Crippen molar-refractivity contribution in [3.8, 4) is 0 Å². The molecule has 1 aromatic rings. The lowest BCUT2D eigenvalue weighted by Crippen LogP contribution is -2.24. The fourth-order valence-electron chi connectivity index (χ4n) is 2.81. The highest BCUT2D eigenvalue weighted by Crippen LogP contribution is 2.36. The van der Waals surface area contributed by atoms with Crippen LogP contribution in [0.4, 0.5) is 11.4 Å². The highest BCUT2D eigenvalue weighted by molar-refractivity contribution is 6.34. The molecule has 1 saturated heterocycles. The zero-order valence-corrected chi connectivity index (χ0v) is 11.9. The molecule has 1 fully saturated rings. The van der Waals surface area contributed by atoms with Crippen LogP contribution in [-0.4, -0.2) is 19.0 Å². The minimum absolute atomic E-state index is 0.419. The van der Waals surface area contributed by atoms with E-state index in [1.54, 1.807) is 12.1 Å². The number of benzene rings is 1. The summed E-state index contributed by atoms with van der Waals surface area (Å²) in [4.78, 5) is 13.7. The van der Waals surface area contributed by atoms with Gasteiger partial charge in [0.05, 0.1) is 16.3 Å². The van der Waals surface area contributed by atoms with Gasteiger partial charge in [-0.2, -0.15) is 0 Å². The Bertz CT molecular complexity index is 490. The lowest BCUT2D eigenvalue weighted by Gasteiger charge is -2.23. The minimum Gasteiger partial charge on any atom is -0.399 e. The van der Waals surface area contributed by atoms with E-state index >= 15 is 0 Å². The van der Waals surface area contributed by atoms with Crippen LogP contribution in [0.3, 0.4) is 0 Å². The first-order chi connectivity index (χ1) is 9.02. The van der Waals surface area contributed by atoms with E-state index in [1.165, 1.54) is 12.8 Å². The molecule has 0 aliphatic carbocycles. The van der Waals surface area contributed by atoms with E-state index in [2.05, 4.69) is 11.8 Å². The molecule has 0 bridgehead atoms. The third kappa shape index (κ3) is 2.95. The number of carbonyl (C=O) groups excluding carboxylic acids is 1. The van der Waals surface area contributed by atoms with Gasteiger partial charge in [-0.1, -0.05) is 24.9 Å². The average molecular weight is 282 g/mol. The van der Waals surface area contributed by atoms with E-state index < -0.39 is 5.91 Å². The Morgan fingerprint density at radius 1 is 1.53 bits per heavy atom. The lowest BCUT2D eigenvalue weighted by atomic mass is 10.0. The number of carbonyl (C=O) groups is 1. The molecule has 1 unspecified atom stereocenters. The smallest absolute Gasteiger partial charge is 0.250 e. The Labute approximate surface area is 118 Å². The van der Waals surface area contributed by atoms with Crippen LogP contribution in [0.2, 0.25) is 5.02 Å². The summed E-state index contributed by atoms with van der Waals surface area (Å²) in [6.45, 7) is 4.03. The van der Waals surface area contributed by atoms with Crippen LogP contribution in [0.15, 0.2) is 12.1 Å². The number of hydrogen-bond donors (Lipinski definition) is 2. The number of amides is 1. The van der Waals surface area contributed by atoms with Gasteiger partial charge in [0.1, 0.15) is 0 Å². The second kappa shape index (κ2) is 5.70. The van der Waals surface area contributed by atoms with E-state index in [4.69, 9.17) is 23.1 Å². The van der Waals surface area contributed by atoms with Gasteiger partial charge in [-0.25, -0.2) is 0 Å². The van der Waals surface area contributed by atoms with Gasteiger partial charge in [0.15, 0.2) is 0 Å². The number of nitrogen functional groups attached to an aromatic ring is 1. The Kier molecular flexibility index (Phi) is 4.20. The SMILES string of the molecule is CCCC1CCN(c2c(Cl)cc(N)cc2C(N)=O)C1. The summed E-state index contributed by atoms with van der Waals surface area (Å²) in [5.74, 6) is 0.183. The summed E-state index contributed by atoms with van der Waals surface area (Å²) in [6, 6.07) is 3.28. The monoisotopic (exact) mass is 281 g/mol. The second-order valence-corrected chi connectivity index (χ2v) is 5.56. The Balaban J connectivity index is 2.32. The normalized spacial score (nSPS) is 18.8. The molecule has 104 valence electrons. The van der Waals surface area contributed by atoms with Crippen molar-refractivity contribution >= 4 is 28.9 Å². The Morgan fingerprint density at radius 2 is 2.26 bits per heavy atom. The molecule has 4 N–H and O–H groups in total. The van der Waals surface area contributed by atoms with Gasteiger partial charge >= 0.3 is 0 Å². The van der Waals surface area contributed by atoms with Gasteiger partial charge in [0.25, 0.3) is 5.91 Å². The molecule has 19 heavy (non-hydrogen) atoms. The van der Waals surface area contributed by atoms with Gasteiger partial charge in [-0.15, -0.1) is 0 Å². The van der Waals surface area contributed by atoms with Crippen LogP contribution in [0.1, 0.15) is 36.5 Å². The first kappa shape index (κ1) is 14.0. The summed E-state index contributed by atoms with van der Waals surface area (Å²) < 4.78 is 0. The van der Waals surface area contributed by atoms with Gasteiger partial charge in [-0.3, -0.25) is 4.79 Å². The minimum atomic E-state index is -0.483. The predicted molar refractivity (Wildman–Crippen MR) is 79.6 cm³/mol. The van der Waals surface area contributed by atoms with E-state index in [0.717, 1.165) is 25.2 Å². The number of anilines is 2. The van der Waals surface area contributed by atoms with Crippen molar-refractivity contribution in [1.82, 2.24) is 0 Å². The van der Waals surface area contributed by atoms with Crippen LogP contribution < -0.4 is 16.4 Å². The number of nitrogens with two attached hydrogens (primary N) is 2. The lowest BCUT2D eigenvalue weighted by molar-refractivity contribution is 0.100. The molecule has 0 spiro atoms. The fourth-order valence-corrected chi connectivity index (χ4v) is 3.16. The third-order valence-corrected chi connectivity index (χ3v) is 3.94. The Hall–Kier alpha value is -1.42. The van der Waals surface area contributed by atoms with E-state index in [0.29, 0.717) is 22.2 Å². The van der Waals surface area contributed by atoms with Gasteiger partial charge in [0, 0.05) is 18.8 Å². The standard InChI is InChI=1S/C14H20ClN3O/c1-2-3-9-4-5-18(8-9)13-11(14(17)19)6-10(16)7-12(13)15/h6-7,9H,2-5,8,16H2,1H3,(H2,17,19). The van der Waals surface area contributed by atoms with Crippen LogP contribution in [0.5, 0.6) is 0 Å². The topological polar surface area (TPSA) is 72.3 Å². The average Bonchev–Trinajstić information content (AvgIpc) is 2.76. The van der Waals surface area contributed by atoms with Gasteiger partial charge in [-0.05, 0) is 30.9 Å². The maximum absolute atomic E-state index is 11.6. The molecule has 1 atom stereocenters. The molecule has 0 radical (unpaired) electrons. The van der Waals surface area contributed by atoms with Crippen LogP contribution >= 0.6 is 11.6 Å². The van der Waals surface area contributed by atoms with Gasteiger partial charge in [0.2, 0.25) is 0 Å². The van der Waals surface area contributed by atoms with Crippen molar-refractivity contribution in [2.24, 2.45) is 11.7 Å². The largest absolute Gasteiger partial charge is 0.399 e. The molecule has 1 heterocycles. The summed E-state index contributed by atoms with van der Waals surface area (Å²) >= 11 is 6.25. The molecule has 1 aliphatic rings. The molecular weight excluding hydrogens is 262 g/mol. The molecule has 0 saturated carbocycles. The van der Waals surface area contributed by atoms with Gasteiger partial charge < -0.3 is 16.4 Å². The number of hydrogen-bond acceptors (Lipinski definition) is 3. The number of halogens is 1. The molecule has 4 nitrogen and oxygen atoms in total. The van der Waals surface area contributed by atoms with Crippen LogP contribution in [0.25, 0.3) is 0 Å². The van der Waals surface area contributed by atoms with E-state index in [-0.39, 0.29) is 0 Å². The third-order valence-electron chi connectivity index (χ3n) is 3.65. The van der Waals surface area contributed by atoms with Crippen molar-refractivity contribution < 1.29 is 4.79 Å². The summed E-state index contributed by atoms with van der Waals surface area (Å²) in [5.41, 5.74) is 12.8. The Morgan fingerprint density at radius 3 is 2.89 bits per heavy atom. The van der Waals surface area contributed by atoms with Crippen LogP contribution in [-0.2, 0) is 0 Å². The van der Waals surface area contributed by atoms with Crippen molar-refractivity contribution in [2.45, 2.75) is 26.2 Å². The van der Waals surface area contributed by atoms with Crippen molar-refractivity contribution in [1.29, 1.82) is 0 Å². The quantitative estimate of drug-likeness (QED) is 0.834. The highest BCUT2D eigenvalue weighted by Gasteiger charge is 2.26. The molecule has 1 amide bonds. The number of primary amides is 1. The molecular formula is C14H20ClN3O. The first-order valence-electron chi connectivity index (χ1n) is 6.66. The van der Waals surface area contributed by atoms with E-state index in [1.807, 2.05) is 0 Å². The summed E-state index contributed by atoms with van der Waals surface area (Å²) in [6.07, 6.45) is 3.51. The summed E-state index contributed by atoms with van der Waals surface area (Å²) in [7, 11) is 0. The van der Waals surface area contributed by atoms with Crippen molar-refractivity contribution in [2.75, 3.05) is 23.7 Å².